The van der Waals surface area contributed by atoms with Gasteiger partial charge in [0.1, 0.15) is 0 Å². The number of anilines is 3. The van der Waals surface area contributed by atoms with Gasteiger partial charge in [-0.2, -0.15) is 0 Å². The summed E-state index contributed by atoms with van der Waals surface area (Å²) in [7, 11) is 0. The zero-order valence-corrected chi connectivity index (χ0v) is 17.3. The second-order valence-electron chi connectivity index (χ2n) is 6.52. The van der Waals surface area contributed by atoms with Gasteiger partial charge in [0.2, 0.25) is 0 Å². The van der Waals surface area contributed by atoms with Crippen molar-refractivity contribution in [2.45, 2.75) is 18.9 Å². The zero-order valence-electron chi connectivity index (χ0n) is 17.3. The number of carboxylic acids is 2. The molecule has 4 rings (SSSR count). The minimum absolute atomic E-state index is 0. The summed E-state index contributed by atoms with van der Waals surface area (Å²) in [6, 6.07) is 15.6. The Kier molecular flexibility index (Phi) is 10.3. The van der Waals surface area contributed by atoms with Gasteiger partial charge in [-0.05, 0) is 54.8 Å². The third kappa shape index (κ3) is 5.95. The second-order valence-corrected chi connectivity index (χ2v) is 6.52. The molecule has 0 amide bonds. The maximum absolute atomic E-state index is 9.41. The van der Waals surface area contributed by atoms with Crippen LogP contribution in [-0.2, 0) is 16.0 Å². The van der Waals surface area contributed by atoms with Crippen molar-refractivity contribution in [1.29, 1.82) is 0 Å². The van der Waals surface area contributed by atoms with Crippen LogP contribution in [0.1, 0.15) is 23.6 Å². The minimum atomic E-state index is -1.55. The molecule has 30 heavy (non-hydrogen) atoms. The van der Waals surface area contributed by atoms with Gasteiger partial charge in [0.05, 0.1) is 29.4 Å². The molecule has 2 aliphatic heterocycles. The van der Waals surface area contributed by atoms with Gasteiger partial charge in [0.15, 0.2) is 0 Å². The number of aliphatic carboxylic acids is 2. The number of hydrogen-bond donors (Lipinski definition) is 2. The molecular formula is C21H21Li2N3O4. The fourth-order valence-electron chi connectivity index (χ4n) is 3.64. The van der Waals surface area contributed by atoms with E-state index in [-0.39, 0.29) is 37.7 Å². The number of carboxylic acid groups (broad SMARTS) is 2. The second kappa shape index (κ2) is 11.9. The minimum Gasteiger partial charge on any atom is -0.545 e. The van der Waals surface area contributed by atoms with Crippen molar-refractivity contribution >= 4 is 29.0 Å². The molecule has 0 fully saturated rings. The first-order valence-electron chi connectivity index (χ1n) is 9.06. The molecule has 0 bridgehead atoms. The van der Waals surface area contributed by atoms with E-state index in [0.29, 0.717) is 24.7 Å². The molecule has 0 aliphatic carbocycles. The van der Waals surface area contributed by atoms with E-state index < -0.39 is 11.9 Å². The van der Waals surface area contributed by atoms with Gasteiger partial charge in [-0.25, -0.2) is 0 Å². The maximum Gasteiger partial charge on any atom is 1.00 e. The molecule has 9 heteroatoms. The van der Waals surface area contributed by atoms with E-state index in [4.69, 9.17) is 5.73 Å². The summed E-state index contributed by atoms with van der Waals surface area (Å²) in [6.07, 6.45) is 2.86. The van der Waals surface area contributed by atoms with Crippen LogP contribution in [0.2, 0.25) is 0 Å². The van der Waals surface area contributed by atoms with Crippen LogP contribution in [-0.4, -0.2) is 25.0 Å². The summed E-state index contributed by atoms with van der Waals surface area (Å²) in [5.74, 6) is -3.09. The average Bonchev–Trinajstić information content (AvgIpc) is 3.05. The van der Waals surface area contributed by atoms with Crippen molar-refractivity contribution < 1.29 is 57.5 Å². The van der Waals surface area contributed by atoms with Gasteiger partial charge >= 0.3 is 37.7 Å². The van der Waals surface area contributed by atoms with Crippen LogP contribution in [0.3, 0.4) is 0 Å². The van der Waals surface area contributed by atoms with Gasteiger partial charge in [0.25, 0.3) is 0 Å². The van der Waals surface area contributed by atoms with Crippen LogP contribution in [0.25, 0.3) is 0 Å². The van der Waals surface area contributed by atoms with Crippen molar-refractivity contribution in [1.82, 2.24) is 0 Å². The van der Waals surface area contributed by atoms with Crippen molar-refractivity contribution in [3.8, 4) is 0 Å². The molecule has 2 heterocycles. The van der Waals surface area contributed by atoms with Crippen LogP contribution in [0.15, 0.2) is 54.6 Å². The van der Waals surface area contributed by atoms with E-state index in [1.54, 1.807) is 0 Å². The number of benzene rings is 2. The summed E-state index contributed by atoms with van der Waals surface area (Å²) < 4.78 is 0. The molecule has 0 saturated carbocycles. The Balaban J connectivity index is 0.000000393. The number of rotatable bonds is 4. The monoisotopic (exact) mass is 393 g/mol. The molecule has 0 aromatic heterocycles. The Morgan fingerprint density at radius 1 is 1.07 bits per heavy atom. The fraction of sp³-hybridized carbons (Fsp3) is 0.238. The predicted molar refractivity (Wildman–Crippen MR) is 103 cm³/mol. The summed E-state index contributed by atoms with van der Waals surface area (Å²) in [4.78, 5) is 21.3. The molecule has 2 aromatic rings. The number of carbonyl (C=O) groups excluding carboxylic acids is 2. The normalized spacial score (nSPS) is 15.2. The Hall–Kier alpha value is -2.13. The molecular weight excluding hydrogens is 372 g/mol. The number of nitrogens with two attached hydrogens (primary N) is 1. The van der Waals surface area contributed by atoms with Gasteiger partial charge in [-0.3, -0.25) is 0 Å². The predicted octanol–water partition coefficient (Wildman–Crippen LogP) is -5.75. The summed E-state index contributed by atoms with van der Waals surface area (Å²) in [5, 5.41) is 22.5. The van der Waals surface area contributed by atoms with Crippen LogP contribution in [0.4, 0.5) is 17.1 Å². The standard InChI is InChI=1S/C17H19N3.C4H4O4.2Li/c18-10-8-14-13-5-3-4-12-9-11-20(17(12)13)16-7-2-1-6-15(16)19-14;5-3(6)1-2-4(7)8;;/h1-7,14,19H,8-11,18H2;1-2H,(H,5,6)(H,7,8);;/q;;2*+1/p-2/b;2-1+;;. The SMILES string of the molecule is NCCC1Nc2ccccc2N2CCc3cccc1c32.O=C([O-])/C=C/C(=O)[O-].[Li+].[Li+]. The third-order valence-corrected chi connectivity index (χ3v) is 4.74. The number of nitrogens with one attached hydrogen (secondary N) is 1. The van der Waals surface area contributed by atoms with Crippen LogP contribution >= 0.6 is 0 Å². The summed E-state index contributed by atoms with van der Waals surface area (Å²) >= 11 is 0. The first kappa shape index (κ1) is 25.9. The van der Waals surface area contributed by atoms with Crippen molar-refractivity contribution in [3.05, 3.63) is 65.7 Å². The Morgan fingerprint density at radius 2 is 1.73 bits per heavy atom. The molecule has 0 saturated heterocycles. The van der Waals surface area contributed by atoms with E-state index >= 15 is 0 Å². The van der Waals surface area contributed by atoms with Crippen molar-refractivity contribution in [2.24, 2.45) is 5.73 Å². The molecule has 0 spiro atoms. The van der Waals surface area contributed by atoms with Gasteiger partial charge in [0, 0.05) is 12.2 Å². The quantitative estimate of drug-likeness (QED) is 0.392. The average molecular weight is 393 g/mol. The largest absolute Gasteiger partial charge is 1.00 e. The van der Waals surface area contributed by atoms with E-state index in [9.17, 15) is 19.8 Å². The topological polar surface area (TPSA) is 122 Å². The Morgan fingerprint density at radius 3 is 2.37 bits per heavy atom. The zero-order chi connectivity index (χ0) is 20.1. The number of hydrogen-bond acceptors (Lipinski definition) is 7. The molecule has 2 aliphatic rings. The van der Waals surface area contributed by atoms with E-state index in [0.717, 1.165) is 19.4 Å². The van der Waals surface area contributed by atoms with Crippen LogP contribution in [0.5, 0.6) is 0 Å². The Bertz CT molecular complexity index is 905. The molecule has 2 aromatic carbocycles. The van der Waals surface area contributed by atoms with Crippen molar-refractivity contribution in [2.75, 3.05) is 23.3 Å². The van der Waals surface area contributed by atoms with E-state index in [1.165, 1.54) is 28.2 Å². The molecule has 1 unspecified atom stereocenters. The smallest absolute Gasteiger partial charge is 0.545 e. The van der Waals surface area contributed by atoms with Gasteiger partial charge < -0.3 is 35.8 Å². The molecule has 146 valence electrons. The first-order chi connectivity index (χ1) is 13.5. The molecule has 1 atom stereocenters. The number of para-hydroxylation sites is 3. The molecule has 7 nitrogen and oxygen atoms in total. The van der Waals surface area contributed by atoms with E-state index in [2.05, 4.69) is 52.7 Å². The van der Waals surface area contributed by atoms with Gasteiger partial charge in [-0.15, -0.1) is 0 Å². The first-order valence-corrected chi connectivity index (χ1v) is 9.06. The number of carbonyl (C=O) groups is 2. The number of nitrogens with zero attached hydrogens (tertiary/aromatic N) is 1. The third-order valence-electron chi connectivity index (χ3n) is 4.74. The van der Waals surface area contributed by atoms with Gasteiger partial charge in [-0.1, -0.05) is 30.3 Å². The summed E-state index contributed by atoms with van der Waals surface area (Å²) in [5.41, 5.74) is 12.6. The number of fused-ring (bicyclic) bond motifs is 2. The van der Waals surface area contributed by atoms with Crippen LogP contribution < -0.4 is 63.9 Å². The summed E-state index contributed by atoms with van der Waals surface area (Å²) in [6.45, 7) is 1.77. The van der Waals surface area contributed by atoms with Crippen molar-refractivity contribution in [3.63, 3.8) is 0 Å². The van der Waals surface area contributed by atoms with E-state index in [1.807, 2.05) is 0 Å². The maximum atomic E-state index is 9.41. The van der Waals surface area contributed by atoms with Crippen LogP contribution in [0, 0.1) is 0 Å². The molecule has 0 radical (unpaired) electrons. The fourth-order valence-corrected chi connectivity index (χ4v) is 3.64. The Labute approximate surface area is 199 Å². The molecule has 3 N–H and O–H groups in total.